The first-order valence-electron chi connectivity index (χ1n) is 8.15. The molecule has 0 unspecified atom stereocenters. The maximum atomic E-state index is 12.7. The van der Waals surface area contributed by atoms with Crippen LogP contribution in [0, 0.1) is 0 Å². The molecule has 0 saturated carbocycles. The van der Waals surface area contributed by atoms with Crippen molar-refractivity contribution in [3.63, 3.8) is 0 Å². The Labute approximate surface area is 167 Å². The molecule has 7 heteroatoms. The molecule has 1 aromatic heterocycles. The first-order valence-corrected chi connectivity index (χ1v) is 8.91. The molecule has 1 heterocycles. The van der Waals surface area contributed by atoms with Crippen molar-refractivity contribution in [3.8, 4) is 5.75 Å². The second-order valence-corrected chi connectivity index (χ2v) is 6.46. The Kier molecular flexibility index (Phi) is 6.16. The number of rotatable bonds is 6. The average molecular weight is 402 g/mol. The van der Waals surface area contributed by atoms with Gasteiger partial charge in [-0.05, 0) is 36.4 Å². The van der Waals surface area contributed by atoms with Crippen LogP contribution >= 0.6 is 23.2 Å². The third-order valence-corrected chi connectivity index (χ3v) is 4.61. The Bertz CT molecular complexity index is 963. The van der Waals surface area contributed by atoms with Gasteiger partial charge in [-0.15, -0.1) is 0 Å². The van der Waals surface area contributed by atoms with Crippen LogP contribution in [0.2, 0.25) is 10.0 Å². The maximum absolute atomic E-state index is 12.7. The predicted octanol–water partition coefficient (Wildman–Crippen LogP) is 5.07. The van der Waals surface area contributed by atoms with Crippen molar-refractivity contribution < 1.29 is 9.53 Å². The number of aromatic nitrogens is 1. The number of carbonyl (C=O) groups is 1. The molecule has 138 valence electrons. The molecule has 0 bridgehead atoms. The molecule has 0 aliphatic heterocycles. The Balaban J connectivity index is 1.76. The summed E-state index contributed by atoms with van der Waals surface area (Å²) >= 11 is 12.0. The number of ether oxygens (including phenoxy) is 1. The van der Waals surface area contributed by atoms with Crippen LogP contribution < -0.4 is 15.4 Å². The van der Waals surface area contributed by atoms with Gasteiger partial charge in [-0.1, -0.05) is 41.4 Å². The number of hydrogen-bond acceptors (Lipinski definition) is 4. The molecule has 0 atom stereocenters. The zero-order valence-corrected chi connectivity index (χ0v) is 16.0. The number of nitrogens with one attached hydrogen (secondary N) is 2. The minimum Gasteiger partial charge on any atom is -0.496 e. The van der Waals surface area contributed by atoms with Crippen molar-refractivity contribution in [2.45, 2.75) is 6.54 Å². The minimum absolute atomic E-state index is 0.253. The van der Waals surface area contributed by atoms with Crippen LogP contribution in [-0.2, 0) is 6.54 Å². The number of carbonyl (C=O) groups excluding carboxylic acids is 1. The van der Waals surface area contributed by atoms with Crippen molar-refractivity contribution in [2.75, 3.05) is 12.4 Å². The van der Waals surface area contributed by atoms with Gasteiger partial charge in [-0.25, -0.2) is 4.98 Å². The fraction of sp³-hybridized carbons (Fsp3) is 0.100. The molecule has 3 aromatic rings. The highest BCUT2D eigenvalue weighted by Crippen LogP contribution is 2.27. The number of nitrogens with zero attached hydrogens (tertiary/aromatic N) is 1. The predicted molar refractivity (Wildman–Crippen MR) is 108 cm³/mol. The summed E-state index contributed by atoms with van der Waals surface area (Å²) in [7, 11) is 1.60. The Morgan fingerprint density at radius 1 is 1.07 bits per heavy atom. The molecular formula is C20H17Cl2N3O2. The van der Waals surface area contributed by atoms with Gasteiger partial charge in [0.15, 0.2) is 0 Å². The van der Waals surface area contributed by atoms with Crippen LogP contribution in [0.25, 0.3) is 0 Å². The lowest BCUT2D eigenvalue weighted by Gasteiger charge is -2.13. The van der Waals surface area contributed by atoms with Crippen LogP contribution in [0.5, 0.6) is 5.75 Å². The van der Waals surface area contributed by atoms with Crippen LogP contribution in [0.3, 0.4) is 0 Å². The monoisotopic (exact) mass is 401 g/mol. The number of para-hydroxylation sites is 1. The van der Waals surface area contributed by atoms with Crippen molar-refractivity contribution in [2.24, 2.45) is 0 Å². The highest BCUT2D eigenvalue weighted by Gasteiger charge is 2.13. The summed E-state index contributed by atoms with van der Waals surface area (Å²) in [6.45, 7) is 0.337. The van der Waals surface area contributed by atoms with E-state index in [4.69, 9.17) is 27.9 Å². The van der Waals surface area contributed by atoms with Crippen molar-refractivity contribution >= 4 is 40.6 Å². The standard InChI is InChI=1S/C20H17Cl2N3O2/c1-27-18-7-3-2-5-13(18)12-24-20(26)15-6-4-10-23-19(15)25-14-8-9-16(21)17(22)11-14/h2-11H,12H2,1H3,(H,23,25)(H,24,26). The topological polar surface area (TPSA) is 63.2 Å². The fourth-order valence-electron chi connectivity index (χ4n) is 2.52. The summed E-state index contributed by atoms with van der Waals surface area (Å²) in [4.78, 5) is 16.9. The smallest absolute Gasteiger partial charge is 0.255 e. The van der Waals surface area contributed by atoms with E-state index in [-0.39, 0.29) is 5.91 Å². The lowest BCUT2D eigenvalue weighted by molar-refractivity contribution is 0.0951. The highest BCUT2D eigenvalue weighted by atomic mass is 35.5. The summed E-state index contributed by atoms with van der Waals surface area (Å²) in [6, 6.07) is 16.0. The van der Waals surface area contributed by atoms with E-state index >= 15 is 0 Å². The molecule has 5 nitrogen and oxygen atoms in total. The van der Waals surface area contributed by atoms with E-state index in [1.165, 1.54) is 0 Å². The van der Waals surface area contributed by atoms with Gasteiger partial charge in [-0.2, -0.15) is 0 Å². The van der Waals surface area contributed by atoms with Gasteiger partial charge in [-0.3, -0.25) is 4.79 Å². The molecule has 2 N–H and O–H groups in total. The molecule has 0 saturated heterocycles. The second-order valence-electron chi connectivity index (χ2n) is 5.65. The van der Waals surface area contributed by atoms with E-state index in [9.17, 15) is 4.79 Å². The third kappa shape index (κ3) is 4.70. The third-order valence-electron chi connectivity index (χ3n) is 3.87. The molecule has 0 aliphatic carbocycles. The Morgan fingerprint density at radius 3 is 2.67 bits per heavy atom. The van der Waals surface area contributed by atoms with Gasteiger partial charge in [0, 0.05) is 24.0 Å². The molecule has 1 amide bonds. The summed E-state index contributed by atoms with van der Waals surface area (Å²) < 4.78 is 5.31. The summed E-state index contributed by atoms with van der Waals surface area (Å²) in [5.74, 6) is 0.892. The van der Waals surface area contributed by atoms with Crippen LogP contribution in [0.1, 0.15) is 15.9 Å². The zero-order valence-electron chi connectivity index (χ0n) is 14.5. The molecule has 3 rings (SSSR count). The van der Waals surface area contributed by atoms with E-state index in [1.807, 2.05) is 24.3 Å². The average Bonchev–Trinajstić information content (AvgIpc) is 2.69. The molecule has 2 aromatic carbocycles. The van der Waals surface area contributed by atoms with Gasteiger partial charge in [0.1, 0.15) is 11.6 Å². The van der Waals surface area contributed by atoms with Gasteiger partial charge in [0.2, 0.25) is 0 Å². The molecular weight excluding hydrogens is 385 g/mol. The van der Waals surface area contributed by atoms with E-state index < -0.39 is 0 Å². The van der Waals surface area contributed by atoms with E-state index in [0.29, 0.717) is 33.7 Å². The summed E-state index contributed by atoms with van der Waals surface area (Å²) in [5.41, 5.74) is 1.98. The van der Waals surface area contributed by atoms with E-state index in [0.717, 1.165) is 11.3 Å². The summed E-state index contributed by atoms with van der Waals surface area (Å²) in [6.07, 6.45) is 1.61. The first-order chi connectivity index (χ1) is 13.1. The van der Waals surface area contributed by atoms with Crippen LogP contribution in [-0.4, -0.2) is 18.0 Å². The fourth-order valence-corrected chi connectivity index (χ4v) is 2.82. The number of benzene rings is 2. The van der Waals surface area contributed by atoms with Crippen molar-refractivity contribution in [1.29, 1.82) is 0 Å². The van der Waals surface area contributed by atoms with Crippen LogP contribution in [0.15, 0.2) is 60.8 Å². The number of methoxy groups -OCH3 is 1. The largest absolute Gasteiger partial charge is 0.496 e. The maximum Gasteiger partial charge on any atom is 0.255 e. The number of anilines is 2. The quantitative estimate of drug-likeness (QED) is 0.604. The number of amides is 1. The number of pyridine rings is 1. The van der Waals surface area contributed by atoms with Gasteiger partial charge >= 0.3 is 0 Å². The van der Waals surface area contributed by atoms with Crippen LogP contribution in [0.4, 0.5) is 11.5 Å². The van der Waals surface area contributed by atoms with Gasteiger partial charge < -0.3 is 15.4 Å². The second kappa shape index (κ2) is 8.75. The van der Waals surface area contributed by atoms with Crippen molar-refractivity contribution in [1.82, 2.24) is 10.3 Å². The molecule has 27 heavy (non-hydrogen) atoms. The highest BCUT2D eigenvalue weighted by molar-refractivity contribution is 6.42. The molecule has 0 radical (unpaired) electrons. The van der Waals surface area contributed by atoms with Crippen molar-refractivity contribution in [3.05, 3.63) is 82.0 Å². The molecule has 0 spiro atoms. The molecule has 0 aliphatic rings. The minimum atomic E-state index is -0.253. The first kappa shape index (κ1) is 19.0. The Hall–Kier alpha value is -2.76. The van der Waals surface area contributed by atoms with E-state index in [2.05, 4.69) is 15.6 Å². The zero-order chi connectivity index (χ0) is 19.2. The lowest BCUT2D eigenvalue weighted by Crippen LogP contribution is -2.24. The summed E-state index contributed by atoms with van der Waals surface area (Å²) in [5, 5.41) is 6.87. The van der Waals surface area contributed by atoms with Gasteiger partial charge in [0.25, 0.3) is 5.91 Å². The number of hydrogen-bond donors (Lipinski definition) is 2. The van der Waals surface area contributed by atoms with Gasteiger partial charge in [0.05, 0.1) is 22.7 Å². The Morgan fingerprint density at radius 2 is 1.89 bits per heavy atom. The SMILES string of the molecule is COc1ccccc1CNC(=O)c1cccnc1Nc1ccc(Cl)c(Cl)c1. The van der Waals surface area contributed by atoms with E-state index in [1.54, 1.807) is 43.6 Å². The lowest BCUT2D eigenvalue weighted by atomic mass is 10.2. The number of halogens is 2. The normalized spacial score (nSPS) is 10.3. The molecule has 0 fully saturated rings.